The molecular weight excluding hydrogens is 265 g/mol. The molecule has 1 fully saturated rings. The largest absolute Gasteiger partial charge is 0.297 e. The highest BCUT2D eigenvalue weighted by molar-refractivity contribution is 6.31. The summed E-state index contributed by atoms with van der Waals surface area (Å²) >= 11 is 6.00. The molecule has 2 rings (SSSR count). The number of rotatable bonds is 4. The van der Waals surface area contributed by atoms with Crippen molar-refractivity contribution in [3.8, 4) is 0 Å². The number of hydrogen-bond acceptors (Lipinski definition) is 2. The van der Waals surface area contributed by atoms with Gasteiger partial charge in [0.1, 0.15) is 5.82 Å². The number of carbonyl (C=O) groups excluding carboxylic acids is 1. The summed E-state index contributed by atoms with van der Waals surface area (Å²) in [6.45, 7) is 0. The van der Waals surface area contributed by atoms with Crippen molar-refractivity contribution in [2.24, 2.45) is 0 Å². The lowest BCUT2D eigenvalue weighted by molar-refractivity contribution is -0.128. The number of Topliss-reactive ketones (excluding diaryl/α,β-unsaturated/α-hetero) is 1. The van der Waals surface area contributed by atoms with Gasteiger partial charge >= 0.3 is 0 Å². The molecule has 0 N–H and O–H groups in total. The van der Waals surface area contributed by atoms with Crippen molar-refractivity contribution in [3.63, 3.8) is 0 Å². The highest BCUT2D eigenvalue weighted by atomic mass is 35.5. The second kappa shape index (κ2) is 5.59. The first kappa shape index (κ1) is 14.5. The SMILES string of the molecule is CN(C)C1(C(=O)Cc2c(F)cccc2Cl)CCCC1. The molecule has 19 heavy (non-hydrogen) atoms. The van der Waals surface area contributed by atoms with Crippen molar-refractivity contribution in [2.75, 3.05) is 14.1 Å². The molecule has 0 heterocycles. The first-order valence-corrected chi connectivity index (χ1v) is 6.99. The fourth-order valence-corrected chi connectivity index (χ4v) is 3.19. The smallest absolute Gasteiger partial charge is 0.157 e. The van der Waals surface area contributed by atoms with Gasteiger partial charge in [0.15, 0.2) is 5.78 Å². The highest BCUT2D eigenvalue weighted by Gasteiger charge is 2.42. The first-order valence-electron chi connectivity index (χ1n) is 6.61. The van der Waals surface area contributed by atoms with Gasteiger partial charge in [0, 0.05) is 17.0 Å². The van der Waals surface area contributed by atoms with Gasteiger partial charge in [-0.15, -0.1) is 0 Å². The Hall–Kier alpha value is -0.930. The molecule has 0 spiro atoms. The summed E-state index contributed by atoms with van der Waals surface area (Å²) in [4.78, 5) is 14.6. The molecule has 0 radical (unpaired) electrons. The van der Waals surface area contributed by atoms with Gasteiger partial charge in [0.25, 0.3) is 0 Å². The summed E-state index contributed by atoms with van der Waals surface area (Å²) in [5, 5.41) is 0.334. The molecule has 0 aliphatic heterocycles. The van der Waals surface area contributed by atoms with Gasteiger partial charge in [-0.25, -0.2) is 4.39 Å². The van der Waals surface area contributed by atoms with Crippen LogP contribution in [-0.2, 0) is 11.2 Å². The zero-order valence-electron chi connectivity index (χ0n) is 11.4. The fourth-order valence-electron chi connectivity index (χ4n) is 2.96. The van der Waals surface area contributed by atoms with Crippen LogP contribution in [0.4, 0.5) is 4.39 Å². The number of nitrogens with zero attached hydrogens (tertiary/aromatic N) is 1. The number of benzene rings is 1. The lowest BCUT2D eigenvalue weighted by Crippen LogP contribution is -2.49. The van der Waals surface area contributed by atoms with E-state index in [1.807, 2.05) is 19.0 Å². The molecule has 104 valence electrons. The van der Waals surface area contributed by atoms with E-state index >= 15 is 0 Å². The summed E-state index contributed by atoms with van der Waals surface area (Å²) in [7, 11) is 3.85. The lowest BCUT2D eigenvalue weighted by Gasteiger charge is -2.35. The first-order chi connectivity index (χ1) is 8.97. The van der Waals surface area contributed by atoms with E-state index in [0.29, 0.717) is 10.6 Å². The third-order valence-corrected chi connectivity index (χ3v) is 4.56. The standard InChI is InChI=1S/C15H19ClFNO/c1-18(2)15(8-3-4-9-15)14(19)10-11-12(16)6-5-7-13(11)17/h5-7H,3-4,8-10H2,1-2H3. The third kappa shape index (κ3) is 2.67. The van der Waals surface area contributed by atoms with E-state index < -0.39 is 11.4 Å². The Bertz CT molecular complexity index is 461. The molecule has 2 nitrogen and oxygen atoms in total. The summed E-state index contributed by atoms with van der Waals surface area (Å²) < 4.78 is 13.8. The molecule has 1 aliphatic rings. The molecule has 4 heteroatoms. The van der Waals surface area contributed by atoms with E-state index in [9.17, 15) is 9.18 Å². The number of ketones is 1. The van der Waals surface area contributed by atoms with Crippen LogP contribution in [0.5, 0.6) is 0 Å². The zero-order valence-corrected chi connectivity index (χ0v) is 12.1. The van der Waals surface area contributed by atoms with Gasteiger partial charge in [-0.2, -0.15) is 0 Å². The fraction of sp³-hybridized carbons (Fsp3) is 0.533. The quantitative estimate of drug-likeness (QED) is 0.843. The molecule has 0 amide bonds. The predicted octanol–water partition coefficient (Wildman–Crippen LogP) is 3.47. The van der Waals surface area contributed by atoms with E-state index in [1.54, 1.807) is 12.1 Å². The molecule has 1 aliphatic carbocycles. The van der Waals surface area contributed by atoms with Crippen molar-refractivity contribution in [1.82, 2.24) is 4.90 Å². The number of carbonyl (C=O) groups is 1. The molecule has 1 aromatic carbocycles. The molecule has 0 atom stereocenters. The topological polar surface area (TPSA) is 20.3 Å². The second-order valence-electron chi connectivity index (χ2n) is 5.43. The second-order valence-corrected chi connectivity index (χ2v) is 5.84. The van der Waals surface area contributed by atoms with E-state index in [4.69, 9.17) is 11.6 Å². The molecule has 0 aromatic heterocycles. The van der Waals surface area contributed by atoms with Crippen LogP contribution in [-0.4, -0.2) is 30.3 Å². The van der Waals surface area contributed by atoms with E-state index in [-0.39, 0.29) is 12.2 Å². The Morgan fingerprint density at radius 2 is 2.00 bits per heavy atom. The van der Waals surface area contributed by atoms with Crippen LogP contribution in [0.3, 0.4) is 0 Å². The Labute approximate surface area is 118 Å². The number of halogens is 2. The highest BCUT2D eigenvalue weighted by Crippen LogP contribution is 2.36. The monoisotopic (exact) mass is 283 g/mol. The van der Waals surface area contributed by atoms with Crippen molar-refractivity contribution in [2.45, 2.75) is 37.6 Å². The van der Waals surface area contributed by atoms with E-state index in [1.165, 1.54) is 6.07 Å². The van der Waals surface area contributed by atoms with Crippen molar-refractivity contribution < 1.29 is 9.18 Å². The van der Waals surface area contributed by atoms with Crippen LogP contribution in [0.25, 0.3) is 0 Å². The summed E-state index contributed by atoms with van der Waals surface area (Å²) in [5.41, 5.74) is -0.117. The zero-order chi connectivity index (χ0) is 14.0. The van der Waals surface area contributed by atoms with Crippen LogP contribution < -0.4 is 0 Å². The summed E-state index contributed by atoms with van der Waals surface area (Å²) in [6.07, 6.45) is 3.88. The minimum absolute atomic E-state index is 0.0713. The summed E-state index contributed by atoms with van der Waals surface area (Å²) in [5.74, 6) is -0.324. The Kier molecular flexibility index (Phi) is 4.26. The van der Waals surface area contributed by atoms with E-state index in [0.717, 1.165) is 25.7 Å². The van der Waals surface area contributed by atoms with Crippen LogP contribution in [0.15, 0.2) is 18.2 Å². The minimum Gasteiger partial charge on any atom is -0.297 e. The van der Waals surface area contributed by atoms with Gasteiger partial charge in [-0.05, 0) is 39.1 Å². The van der Waals surface area contributed by atoms with Gasteiger partial charge < -0.3 is 0 Å². The molecule has 1 saturated carbocycles. The lowest BCUT2D eigenvalue weighted by atomic mass is 9.87. The molecular formula is C15H19ClFNO. The average molecular weight is 284 g/mol. The molecule has 1 aromatic rings. The molecule has 0 saturated heterocycles. The number of likely N-dealkylation sites (N-methyl/N-ethyl adjacent to an activating group) is 1. The molecule has 0 unspecified atom stereocenters. The Balaban J connectivity index is 2.25. The van der Waals surface area contributed by atoms with Crippen LogP contribution in [0, 0.1) is 5.82 Å². The normalized spacial score (nSPS) is 17.9. The summed E-state index contributed by atoms with van der Waals surface area (Å²) in [6, 6.07) is 4.54. The van der Waals surface area contributed by atoms with E-state index in [2.05, 4.69) is 0 Å². The van der Waals surface area contributed by atoms with Gasteiger partial charge in [-0.3, -0.25) is 9.69 Å². The van der Waals surface area contributed by atoms with Crippen molar-refractivity contribution in [1.29, 1.82) is 0 Å². The maximum Gasteiger partial charge on any atom is 0.157 e. The predicted molar refractivity (Wildman–Crippen MR) is 75.0 cm³/mol. The van der Waals surface area contributed by atoms with Crippen molar-refractivity contribution in [3.05, 3.63) is 34.6 Å². The maximum atomic E-state index is 13.8. The Morgan fingerprint density at radius 3 is 2.53 bits per heavy atom. The average Bonchev–Trinajstić information content (AvgIpc) is 2.84. The van der Waals surface area contributed by atoms with Crippen LogP contribution >= 0.6 is 11.6 Å². The van der Waals surface area contributed by atoms with Crippen LogP contribution in [0.1, 0.15) is 31.2 Å². The van der Waals surface area contributed by atoms with Crippen molar-refractivity contribution >= 4 is 17.4 Å². The van der Waals surface area contributed by atoms with Gasteiger partial charge in [0.05, 0.1) is 5.54 Å². The maximum absolute atomic E-state index is 13.8. The number of hydrogen-bond donors (Lipinski definition) is 0. The third-order valence-electron chi connectivity index (χ3n) is 4.20. The molecule has 0 bridgehead atoms. The Morgan fingerprint density at radius 1 is 1.37 bits per heavy atom. The van der Waals surface area contributed by atoms with Crippen LogP contribution in [0.2, 0.25) is 5.02 Å². The van der Waals surface area contributed by atoms with Gasteiger partial charge in [0.2, 0.25) is 0 Å². The minimum atomic E-state index is -0.439. The van der Waals surface area contributed by atoms with Gasteiger partial charge in [-0.1, -0.05) is 30.5 Å².